The lowest BCUT2D eigenvalue weighted by molar-refractivity contribution is -0.148. The highest BCUT2D eigenvalue weighted by molar-refractivity contribution is 7.89. The minimum Gasteiger partial charge on any atom is -0.495 e. The molecule has 26 heavy (non-hydrogen) atoms. The minimum atomic E-state index is -4.34. The van der Waals surface area contributed by atoms with Gasteiger partial charge < -0.3 is 9.84 Å². The summed E-state index contributed by atoms with van der Waals surface area (Å²) < 4.78 is 69.2. The Labute approximate surface area is 149 Å². The number of sulfonamides is 1. The lowest BCUT2D eigenvalue weighted by atomic mass is 10.1. The minimum absolute atomic E-state index is 0.0458. The van der Waals surface area contributed by atoms with Gasteiger partial charge in [-0.15, -0.1) is 0 Å². The number of aliphatic carboxylic acids is 1. The van der Waals surface area contributed by atoms with Gasteiger partial charge in [-0.05, 0) is 17.7 Å². The predicted octanol–water partition coefficient (Wildman–Crippen LogP) is 1.19. The summed E-state index contributed by atoms with van der Waals surface area (Å²) in [6, 6.07) is 4.04. The molecule has 1 fully saturated rings. The molecule has 0 saturated carbocycles. The van der Waals surface area contributed by atoms with Gasteiger partial charge in [0, 0.05) is 26.2 Å². The standard InChI is InChI=1S/C15H19F3N2O5S/c1-25-12-3-2-11(9-14(21)22)8-13(12)26(23,24)20-6-4-19(5-7-20)10-15(16,17)18/h2-3,8H,4-7,9-10H2,1H3,(H,21,22). The largest absolute Gasteiger partial charge is 0.495 e. The number of hydrogen-bond acceptors (Lipinski definition) is 5. The zero-order chi connectivity index (χ0) is 19.5. The highest BCUT2D eigenvalue weighted by Gasteiger charge is 2.35. The molecule has 0 aliphatic carbocycles. The molecule has 0 unspecified atom stereocenters. The SMILES string of the molecule is COc1ccc(CC(=O)O)cc1S(=O)(=O)N1CCN(CC(F)(F)F)CC1. The van der Waals surface area contributed by atoms with E-state index in [1.165, 1.54) is 25.3 Å². The van der Waals surface area contributed by atoms with Crippen LogP contribution in [-0.4, -0.2) is 74.7 Å². The maximum atomic E-state index is 12.9. The Morgan fingerprint density at radius 2 is 1.85 bits per heavy atom. The topological polar surface area (TPSA) is 87.1 Å². The van der Waals surface area contributed by atoms with Crippen LogP contribution in [0, 0.1) is 0 Å². The molecule has 1 aromatic carbocycles. The molecule has 1 N–H and O–H groups in total. The Morgan fingerprint density at radius 1 is 1.23 bits per heavy atom. The molecular formula is C15H19F3N2O5S. The van der Waals surface area contributed by atoms with Crippen molar-refractivity contribution >= 4 is 16.0 Å². The van der Waals surface area contributed by atoms with Crippen LogP contribution >= 0.6 is 0 Å². The lowest BCUT2D eigenvalue weighted by Gasteiger charge is -2.34. The van der Waals surface area contributed by atoms with Gasteiger partial charge in [0.15, 0.2) is 0 Å². The van der Waals surface area contributed by atoms with Gasteiger partial charge in [-0.3, -0.25) is 9.69 Å². The van der Waals surface area contributed by atoms with Crippen LogP contribution in [0.25, 0.3) is 0 Å². The molecule has 1 aromatic rings. The van der Waals surface area contributed by atoms with Crippen LogP contribution in [0.15, 0.2) is 23.1 Å². The van der Waals surface area contributed by atoms with Crippen molar-refractivity contribution in [2.45, 2.75) is 17.5 Å². The van der Waals surface area contributed by atoms with Crippen molar-refractivity contribution in [2.24, 2.45) is 0 Å². The highest BCUT2D eigenvalue weighted by Crippen LogP contribution is 2.29. The summed E-state index contributed by atoms with van der Waals surface area (Å²) in [5, 5.41) is 8.87. The van der Waals surface area contributed by atoms with E-state index >= 15 is 0 Å². The van der Waals surface area contributed by atoms with Gasteiger partial charge >= 0.3 is 12.1 Å². The van der Waals surface area contributed by atoms with Gasteiger partial charge in [0.2, 0.25) is 10.0 Å². The maximum Gasteiger partial charge on any atom is 0.401 e. The molecule has 2 rings (SSSR count). The third-order valence-electron chi connectivity index (χ3n) is 3.94. The molecule has 0 amide bonds. The molecule has 0 spiro atoms. The Morgan fingerprint density at radius 3 is 2.35 bits per heavy atom. The number of alkyl halides is 3. The molecule has 7 nitrogen and oxygen atoms in total. The van der Waals surface area contributed by atoms with E-state index in [0.29, 0.717) is 0 Å². The Hall–Kier alpha value is -1.85. The number of rotatable bonds is 6. The van der Waals surface area contributed by atoms with Crippen molar-refractivity contribution in [2.75, 3.05) is 39.8 Å². The molecule has 0 aromatic heterocycles. The molecule has 1 heterocycles. The number of halogens is 3. The van der Waals surface area contributed by atoms with Crippen molar-refractivity contribution in [3.8, 4) is 5.75 Å². The first-order valence-electron chi connectivity index (χ1n) is 7.71. The molecule has 0 atom stereocenters. The zero-order valence-electron chi connectivity index (χ0n) is 14.0. The zero-order valence-corrected chi connectivity index (χ0v) is 14.8. The molecule has 146 valence electrons. The second-order valence-corrected chi connectivity index (χ2v) is 7.76. The van der Waals surface area contributed by atoms with Crippen LogP contribution < -0.4 is 4.74 Å². The summed E-state index contributed by atoms with van der Waals surface area (Å²) in [5.74, 6) is -1.06. The average molecular weight is 396 g/mol. The van der Waals surface area contributed by atoms with Crippen LogP contribution in [0.5, 0.6) is 5.75 Å². The third kappa shape index (κ3) is 5.08. The molecule has 0 bridgehead atoms. The quantitative estimate of drug-likeness (QED) is 0.777. The first-order chi connectivity index (χ1) is 12.0. The smallest absolute Gasteiger partial charge is 0.401 e. The number of nitrogens with zero attached hydrogens (tertiary/aromatic N) is 2. The van der Waals surface area contributed by atoms with Crippen LogP contribution in [0.1, 0.15) is 5.56 Å². The van der Waals surface area contributed by atoms with Gasteiger partial charge in [-0.2, -0.15) is 17.5 Å². The molecule has 1 aliphatic heterocycles. The molecular weight excluding hydrogens is 377 g/mol. The van der Waals surface area contributed by atoms with Crippen LogP contribution in [-0.2, 0) is 21.2 Å². The summed E-state index contributed by atoms with van der Waals surface area (Å²) in [7, 11) is -2.74. The monoisotopic (exact) mass is 396 g/mol. The average Bonchev–Trinajstić information content (AvgIpc) is 2.53. The highest BCUT2D eigenvalue weighted by atomic mass is 32.2. The summed E-state index contributed by atoms with van der Waals surface area (Å²) in [6.07, 6.45) is -4.69. The van der Waals surface area contributed by atoms with Gasteiger partial charge in [-0.1, -0.05) is 6.07 Å². The number of carboxylic acid groups (broad SMARTS) is 1. The maximum absolute atomic E-state index is 12.9. The Bertz CT molecular complexity index is 759. The fraction of sp³-hybridized carbons (Fsp3) is 0.533. The lowest BCUT2D eigenvalue weighted by Crippen LogP contribution is -2.50. The van der Waals surface area contributed by atoms with E-state index in [1.807, 2.05) is 0 Å². The second-order valence-electron chi connectivity index (χ2n) is 5.85. The van der Waals surface area contributed by atoms with Crippen LogP contribution in [0.4, 0.5) is 13.2 Å². The molecule has 11 heteroatoms. The number of carboxylic acids is 1. The number of piperazine rings is 1. The van der Waals surface area contributed by atoms with E-state index in [9.17, 15) is 26.4 Å². The fourth-order valence-electron chi connectivity index (χ4n) is 2.73. The van der Waals surface area contributed by atoms with Gasteiger partial charge in [0.1, 0.15) is 10.6 Å². The first kappa shape index (κ1) is 20.5. The Kier molecular flexibility index (Phi) is 6.14. The second kappa shape index (κ2) is 7.80. The van der Waals surface area contributed by atoms with E-state index in [2.05, 4.69) is 0 Å². The van der Waals surface area contributed by atoms with Crippen molar-refractivity contribution in [1.29, 1.82) is 0 Å². The van der Waals surface area contributed by atoms with Gasteiger partial charge in [0.25, 0.3) is 0 Å². The summed E-state index contributed by atoms with van der Waals surface area (Å²) in [6.45, 7) is -1.36. The van der Waals surface area contributed by atoms with Crippen molar-refractivity contribution < 1.29 is 36.2 Å². The van der Waals surface area contributed by atoms with Crippen molar-refractivity contribution in [1.82, 2.24) is 9.21 Å². The Balaban J connectivity index is 2.21. The summed E-state index contributed by atoms with van der Waals surface area (Å²) in [4.78, 5) is 11.8. The van der Waals surface area contributed by atoms with E-state index in [4.69, 9.17) is 9.84 Å². The van der Waals surface area contributed by atoms with Crippen LogP contribution in [0.2, 0.25) is 0 Å². The normalized spacial score (nSPS) is 17.2. The molecule has 0 radical (unpaired) electrons. The third-order valence-corrected chi connectivity index (χ3v) is 5.86. The number of ether oxygens (including phenoxy) is 1. The fourth-order valence-corrected chi connectivity index (χ4v) is 4.36. The molecule has 1 saturated heterocycles. The van der Waals surface area contributed by atoms with Crippen LogP contribution in [0.3, 0.4) is 0 Å². The molecule has 1 aliphatic rings. The summed E-state index contributed by atoms with van der Waals surface area (Å²) >= 11 is 0. The van der Waals surface area contributed by atoms with E-state index in [0.717, 1.165) is 9.21 Å². The van der Waals surface area contributed by atoms with Crippen molar-refractivity contribution in [3.05, 3.63) is 23.8 Å². The van der Waals surface area contributed by atoms with E-state index < -0.39 is 28.7 Å². The summed E-state index contributed by atoms with van der Waals surface area (Å²) in [5.41, 5.74) is 0.285. The first-order valence-corrected chi connectivity index (χ1v) is 9.15. The number of carbonyl (C=O) groups is 1. The number of benzene rings is 1. The predicted molar refractivity (Wildman–Crippen MR) is 85.6 cm³/mol. The van der Waals surface area contributed by atoms with E-state index in [-0.39, 0.29) is 48.8 Å². The van der Waals surface area contributed by atoms with E-state index in [1.54, 1.807) is 0 Å². The van der Waals surface area contributed by atoms with Gasteiger partial charge in [-0.25, -0.2) is 8.42 Å². The van der Waals surface area contributed by atoms with Crippen molar-refractivity contribution in [3.63, 3.8) is 0 Å². The number of methoxy groups -OCH3 is 1. The van der Waals surface area contributed by atoms with Gasteiger partial charge in [0.05, 0.1) is 20.1 Å². The number of hydrogen-bond donors (Lipinski definition) is 1.